The first-order chi connectivity index (χ1) is 7.58. The van der Waals surface area contributed by atoms with Gasteiger partial charge in [-0.15, -0.1) is 11.3 Å². The molecular weight excluding hydrogens is 231 g/mol. The molecular formula is C11H7FO3S. The third-order valence-corrected chi connectivity index (χ3v) is 3.18. The molecule has 2 N–H and O–H groups in total. The molecule has 1 aromatic heterocycles. The summed E-state index contributed by atoms with van der Waals surface area (Å²) in [6.07, 6.45) is 0. The Morgan fingerprint density at radius 2 is 2.06 bits per heavy atom. The maximum absolute atomic E-state index is 12.9. The summed E-state index contributed by atoms with van der Waals surface area (Å²) in [5.41, 5.74) is 0.549. The highest BCUT2D eigenvalue weighted by molar-refractivity contribution is 7.17. The molecule has 0 amide bonds. The first-order valence-corrected chi connectivity index (χ1v) is 5.21. The highest BCUT2D eigenvalue weighted by atomic mass is 32.1. The minimum atomic E-state index is -1.19. The van der Waals surface area contributed by atoms with E-state index >= 15 is 0 Å². The van der Waals surface area contributed by atoms with Crippen molar-refractivity contribution in [3.8, 4) is 16.2 Å². The van der Waals surface area contributed by atoms with Crippen molar-refractivity contribution in [3.05, 3.63) is 41.0 Å². The summed E-state index contributed by atoms with van der Waals surface area (Å²) in [4.78, 5) is 11.1. The van der Waals surface area contributed by atoms with Crippen LogP contribution < -0.4 is 0 Å². The van der Waals surface area contributed by atoms with Gasteiger partial charge in [0.05, 0.1) is 0 Å². The van der Waals surface area contributed by atoms with Crippen molar-refractivity contribution < 1.29 is 19.4 Å². The molecule has 16 heavy (non-hydrogen) atoms. The van der Waals surface area contributed by atoms with E-state index in [-0.39, 0.29) is 10.6 Å². The first-order valence-electron chi connectivity index (χ1n) is 4.40. The number of halogens is 1. The monoisotopic (exact) mass is 238 g/mol. The van der Waals surface area contributed by atoms with Gasteiger partial charge in [-0.05, 0) is 23.8 Å². The van der Waals surface area contributed by atoms with Gasteiger partial charge < -0.3 is 10.2 Å². The maximum atomic E-state index is 12.9. The van der Waals surface area contributed by atoms with Crippen molar-refractivity contribution in [1.29, 1.82) is 0 Å². The Labute approximate surface area is 94.4 Å². The molecule has 0 aliphatic carbocycles. The fourth-order valence-corrected chi connectivity index (χ4v) is 2.20. The summed E-state index contributed by atoms with van der Waals surface area (Å²) in [6.45, 7) is 0. The Balaban J connectivity index is 2.49. The van der Waals surface area contributed by atoms with Crippen LogP contribution >= 0.6 is 11.3 Å². The lowest BCUT2D eigenvalue weighted by Crippen LogP contribution is -1.90. The minimum Gasteiger partial charge on any atom is -0.506 e. The van der Waals surface area contributed by atoms with Crippen molar-refractivity contribution in [1.82, 2.24) is 0 Å². The van der Waals surface area contributed by atoms with Crippen LogP contribution in [0.15, 0.2) is 30.3 Å². The molecule has 82 valence electrons. The molecule has 0 saturated carbocycles. The minimum absolute atomic E-state index is 0.140. The second kappa shape index (κ2) is 3.94. The van der Waals surface area contributed by atoms with E-state index in [2.05, 4.69) is 0 Å². The molecule has 1 aromatic carbocycles. The lowest BCUT2D eigenvalue weighted by Gasteiger charge is -1.95. The fraction of sp³-hybridized carbons (Fsp3) is 0. The maximum Gasteiger partial charge on any atom is 0.349 e. The number of hydrogen-bond acceptors (Lipinski definition) is 3. The quantitative estimate of drug-likeness (QED) is 0.845. The number of carboxylic acids is 1. The van der Waals surface area contributed by atoms with Gasteiger partial charge in [0.1, 0.15) is 11.6 Å². The van der Waals surface area contributed by atoms with Gasteiger partial charge in [-0.3, -0.25) is 0 Å². The molecule has 2 aromatic rings. The van der Waals surface area contributed by atoms with E-state index in [1.54, 1.807) is 6.07 Å². The number of aromatic hydroxyl groups is 1. The Hall–Kier alpha value is -1.88. The van der Waals surface area contributed by atoms with Crippen LogP contribution in [0.3, 0.4) is 0 Å². The number of carboxylic acid groups (broad SMARTS) is 1. The number of hydrogen-bond donors (Lipinski definition) is 2. The predicted octanol–water partition coefficient (Wildman–Crippen LogP) is 2.96. The Morgan fingerprint density at radius 3 is 2.62 bits per heavy atom. The Bertz CT molecular complexity index is 548. The summed E-state index contributed by atoms with van der Waals surface area (Å²) in [5, 5.41) is 18.1. The summed E-state index contributed by atoms with van der Waals surface area (Å²) >= 11 is 0.913. The van der Waals surface area contributed by atoms with E-state index in [4.69, 9.17) is 5.11 Å². The largest absolute Gasteiger partial charge is 0.506 e. The van der Waals surface area contributed by atoms with Crippen LogP contribution in [0, 0.1) is 5.82 Å². The lowest BCUT2D eigenvalue weighted by atomic mass is 10.2. The number of thiophene rings is 1. The number of aromatic carboxylic acids is 1. The van der Waals surface area contributed by atoms with Crippen LogP contribution in [0.5, 0.6) is 5.75 Å². The van der Waals surface area contributed by atoms with Gasteiger partial charge in [0.15, 0.2) is 4.88 Å². The first kappa shape index (κ1) is 10.6. The molecule has 3 nitrogen and oxygen atoms in total. The summed E-state index contributed by atoms with van der Waals surface area (Å²) in [5.74, 6) is -1.89. The van der Waals surface area contributed by atoms with E-state index in [1.165, 1.54) is 24.3 Å². The topological polar surface area (TPSA) is 57.5 Å². The van der Waals surface area contributed by atoms with Gasteiger partial charge >= 0.3 is 5.97 Å². The highest BCUT2D eigenvalue weighted by Crippen LogP contribution is 2.35. The molecule has 0 fully saturated rings. The van der Waals surface area contributed by atoms with Gasteiger partial charge in [0, 0.05) is 4.88 Å². The molecule has 0 bridgehead atoms. The number of carbonyl (C=O) groups is 1. The summed E-state index contributed by atoms with van der Waals surface area (Å²) < 4.78 is 12.9. The van der Waals surface area contributed by atoms with E-state index in [9.17, 15) is 14.3 Å². The third-order valence-electron chi connectivity index (χ3n) is 2.02. The predicted molar refractivity (Wildman–Crippen MR) is 58.3 cm³/mol. The number of rotatable bonds is 2. The van der Waals surface area contributed by atoms with E-state index in [0.29, 0.717) is 10.4 Å². The van der Waals surface area contributed by atoms with E-state index in [0.717, 1.165) is 11.3 Å². The molecule has 0 saturated heterocycles. The molecule has 5 heteroatoms. The van der Waals surface area contributed by atoms with Crippen molar-refractivity contribution in [2.45, 2.75) is 0 Å². The Kier molecular flexibility index (Phi) is 2.62. The molecule has 0 unspecified atom stereocenters. The SMILES string of the molecule is O=C(O)c1sc(-c2cccc(F)c2)cc1O. The molecule has 0 spiro atoms. The van der Waals surface area contributed by atoms with Crippen LogP contribution in [-0.2, 0) is 0 Å². The zero-order chi connectivity index (χ0) is 11.7. The molecule has 0 radical (unpaired) electrons. The normalized spacial score (nSPS) is 10.3. The standard InChI is InChI=1S/C11H7FO3S/c12-7-3-1-2-6(4-7)9-5-8(13)10(16-9)11(14)15/h1-5,13H,(H,14,15). The van der Waals surface area contributed by atoms with Crippen molar-refractivity contribution >= 4 is 17.3 Å². The summed E-state index contributed by atoms with van der Waals surface area (Å²) in [7, 11) is 0. The average molecular weight is 238 g/mol. The molecule has 0 atom stereocenters. The van der Waals surface area contributed by atoms with Gasteiger partial charge in [0.25, 0.3) is 0 Å². The van der Waals surface area contributed by atoms with Crippen LogP contribution in [0.2, 0.25) is 0 Å². The zero-order valence-electron chi connectivity index (χ0n) is 7.98. The van der Waals surface area contributed by atoms with Gasteiger partial charge in [-0.2, -0.15) is 0 Å². The lowest BCUT2D eigenvalue weighted by molar-refractivity contribution is 0.0699. The van der Waals surface area contributed by atoms with Gasteiger partial charge in [0.2, 0.25) is 0 Å². The fourth-order valence-electron chi connectivity index (χ4n) is 1.32. The van der Waals surface area contributed by atoms with Crippen molar-refractivity contribution in [2.24, 2.45) is 0 Å². The Morgan fingerprint density at radius 1 is 1.31 bits per heavy atom. The third kappa shape index (κ3) is 1.90. The molecule has 1 heterocycles. The molecule has 0 aliphatic heterocycles. The van der Waals surface area contributed by atoms with Crippen LogP contribution in [0.25, 0.3) is 10.4 Å². The van der Waals surface area contributed by atoms with Crippen LogP contribution in [-0.4, -0.2) is 16.2 Å². The van der Waals surface area contributed by atoms with Crippen LogP contribution in [0.1, 0.15) is 9.67 Å². The zero-order valence-corrected chi connectivity index (χ0v) is 8.79. The second-order valence-electron chi connectivity index (χ2n) is 3.14. The highest BCUT2D eigenvalue weighted by Gasteiger charge is 2.15. The van der Waals surface area contributed by atoms with Gasteiger partial charge in [-0.1, -0.05) is 12.1 Å². The molecule has 0 aliphatic rings. The molecule has 2 rings (SSSR count). The van der Waals surface area contributed by atoms with E-state index < -0.39 is 11.8 Å². The van der Waals surface area contributed by atoms with Crippen molar-refractivity contribution in [3.63, 3.8) is 0 Å². The second-order valence-corrected chi connectivity index (χ2v) is 4.19. The van der Waals surface area contributed by atoms with E-state index in [1.807, 2.05) is 0 Å². The van der Waals surface area contributed by atoms with Crippen molar-refractivity contribution in [2.75, 3.05) is 0 Å². The number of benzene rings is 1. The smallest absolute Gasteiger partial charge is 0.349 e. The average Bonchev–Trinajstić information content (AvgIpc) is 2.60. The summed E-state index contributed by atoms with van der Waals surface area (Å²) in [6, 6.07) is 7.09. The van der Waals surface area contributed by atoms with Gasteiger partial charge in [-0.25, -0.2) is 9.18 Å². The van der Waals surface area contributed by atoms with Crippen LogP contribution in [0.4, 0.5) is 4.39 Å².